The maximum Gasteiger partial charge on any atom is 0.0769 e. The van der Waals surface area contributed by atoms with Gasteiger partial charge in [-0.2, -0.15) is 5.26 Å². The molecule has 0 aliphatic rings. The van der Waals surface area contributed by atoms with E-state index >= 15 is 0 Å². The van der Waals surface area contributed by atoms with E-state index < -0.39 is 0 Å². The number of anilines is 1. The molecule has 0 atom stereocenters. The van der Waals surface area contributed by atoms with Crippen molar-refractivity contribution in [3.63, 3.8) is 0 Å². The summed E-state index contributed by atoms with van der Waals surface area (Å²) in [6.45, 7) is 0.604. The quantitative estimate of drug-likeness (QED) is 0.844. The van der Waals surface area contributed by atoms with Gasteiger partial charge in [-0.15, -0.1) is 0 Å². The molecule has 0 fully saturated rings. The van der Waals surface area contributed by atoms with Crippen LogP contribution in [0, 0.1) is 23.2 Å². The summed E-state index contributed by atoms with van der Waals surface area (Å²) in [5.41, 5.74) is 3.07. The van der Waals surface area contributed by atoms with Gasteiger partial charge in [0.25, 0.3) is 0 Å². The van der Waals surface area contributed by atoms with Crippen molar-refractivity contribution in [1.29, 1.82) is 5.26 Å². The molecule has 0 aromatic heterocycles. The summed E-state index contributed by atoms with van der Waals surface area (Å²) >= 11 is 0. The van der Waals surface area contributed by atoms with Gasteiger partial charge in [0.2, 0.25) is 0 Å². The molecule has 0 aliphatic heterocycles. The van der Waals surface area contributed by atoms with Gasteiger partial charge in [-0.05, 0) is 29.8 Å². The first kappa shape index (κ1) is 12.7. The van der Waals surface area contributed by atoms with Crippen LogP contribution < -0.4 is 5.32 Å². The highest BCUT2D eigenvalue weighted by atomic mass is 14.8. The molecule has 19 heavy (non-hydrogen) atoms. The molecule has 0 saturated heterocycles. The normalized spacial score (nSPS) is 9.00. The second-order valence-electron chi connectivity index (χ2n) is 4.05. The van der Waals surface area contributed by atoms with Gasteiger partial charge in [-0.25, -0.2) is 0 Å². The van der Waals surface area contributed by atoms with E-state index in [2.05, 4.69) is 23.2 Å². The maximum atomic E-state index is 8.59. The monoisotopic (exact) mass is 246 g/mol. The summed E-state index contributed by atoms with van der Waals surface area (Å²) < 4.78 is 0. The van der Waals surface area contributed by atoms with Crippen LogP contribution in [0.2, 0.25) is 0 Å². The minimum absolute atomic E-state index is 0.452. The van der Waals surface area contributed by atoms with Crippen molar-refractivity contribution in [2.45, 2.75) is 6.42 Å². The number of hydrogen-bond donors (Lipinski definition) is 1. The third kappa shape index (κ3) is 4.22. The van der Waals surface area contributed by atoms with Gasteiger partial charge in [-0.3, -0.25) is 0 Å². The zero-order valence-corrected chi connectivity index (χ0v) is 10.6. The Hall–Kier alpha value is -2.71. The third-order valence-corrected chi connectivity index (χ3v) is 2.62. The van der Waals surface area contributed by atoms with Crippen molar-refractivity contribution >= 4 is 5.69 Å². The molecule has 0 bridgehead atoms. The van der Waals surface area contributed by atoms with Crippen LogP contribution >= 0.6 is 0 Å². The molecule has 0 aliphatic carbocycles. The largest absolute Gasteiger partial charge is 0.374 e. The van der Waals surface area contributed by atoms with Crippen LogP contribution in [0.1, 0.15) is 11.1 Å². The zero-order chi connectivity index (χ0) is 13.3. The molecule has 1 N–H and O–H groups in total. The molecule has 2 nitrogen and oxygen atoms in total. The molecule has 2 aromatic carbocycles. The fourth-order valence-electron chi connectivity index (χ4n) is 1.65. The van der Waals surface area contributed by atoms with E-state index in [9.17, 15) is 0 Å². The third-order valence-electron chi connectivity index (χ3n) is 2.62. The van der Waals surface area contributed by atoms with Gasteiger partial charge >= 0.3 is 0 Å². The van der Waals surface area contributed by atoms with E-state index in [4.69, 9.17) is 5.26 Å². The smallest absolute Gasteiger partial charge is 0.0769 e. The average Bonchev–Trinajstić information content (AvgIpc) is 2.47. The molecule has 0 spiro atoms. The fraction of sp³-hybridized carbons (Fsp3) is 0.118. The number of nitriles is 1. The Balaban J connectivity index is 1.86. The van der Waals surface area contributed by atoms with E-state index in [1.165, 1.54) is 0 Å². The minimum atomic E-state index is 0.452. The molecule has 2 heteroatoms. The SMILES string of the molecule is N#CCc1ccc(NCC#Cc2ccccc2)cc1. The van der Waals surface area contributed by atoms with Crippen LogP contribution in [0.4, 0.5) is 5.69 Å². The molecule has 0 heterocycles. The first-order valence-electron chi connectivity index (χ1n) is 6.12. The highest BCUT2D eigenvalue weighted by molar-refractivity contribution is 5.46. The summed E-state index contributed by atoms with van der Waals surface area (Å²) in [4.78, 5) is 0. The van der Waals surface area contributed by atoms with Gasteiger partial charge in [0.05, 0.1) is 19.0 Å². The Morgan fingerprint density at radius 1 is 0.947 bits per heavy atom. The predicted octanol–water partition coefficient (Wildman–Crippen LogP) is 3.22. The van der Waals surface area contributed by atoms with Gasteiger partial charge in [0.1, 0.15) is 0 Å². The van der Waals surface area contributed by atoms with Crippen LogP contribution in [-0.2, 0) is 6.42 Å². The summed E-state index contributed by atoms with van der Waals surface area (Å²) in [6.07, 6.45) is 0.452. The molecule has 0 amide bonds. The second kappa shape index (κ2) is 6.89. The first-order chi connectivity index (χ1) is 9.38. The number of benzene rings is 2. The lowest BCUT2D eigenvalue weighted by molar-refractivity contribution is 1.26. The minimum Gasteiger partial charge on any atom is -0.374 e. The fourth-order valence-corrected chi connectivity index (χ4v) is 1.65. The molecule has 0 radical (unpaired) electrons. The van der Waals surface area contributed by atoms with Gasteiger partial charge in [-0.1, -0.05) is 42.2 Å². The summed E-state index contributed by atoms with van der Waals surface area (Å²) in [5, 5.41) is 11.8. The maximum absolute atomic E-state index is 8.59. The van der Waals surface area contributed by atoms with Crippen molar-refractivity contribution in [3.8, 4) is 17.9 Å². The molecule has 0 saturated carbocycles. The molecule has 92 valence electrons. The van der Waals surface area contributed by atoms with E-state index in [-0.39, 0.29) is 0 Å². The second-order valence-corrected chi connectivity index (χ2v) is 4.05. The Labute approximate surface area is 113 Å². The average molecular weight is 246 g/mol. The van der Waals surface area contributed by atoms with Crippen LogP contribution in [0.15, 0.2) is 54.6 Å². The van der Waals surface area contributed by atoms with Crippen molar-refractivity contribution in [2.24, 2.45) is 0 Å². The lowest BCUT2D eigenvalue weighted by Crippen LogP contribution is -1.98. The topological polar surface area (TPSA) is 35.8 Å². The standard InChI is InChI=1S/C17H14N2/c18-13-12-16-8-10-17(11-9-16)19-14-4-7-15-5-2-1-3-6-15/h1-3,5-6,8-11,19H,12,14H2. The van der Waals surface area contributed by atoms with Crippen LogP contribution in [0.5, 0.6) is 0 Å². The molecular formula is C17H14N2. The van der Waals surface area contributed by atoms with E-state index in [0.717, 1.165) is 16.8 Å². The highest BCUT2D eigenvalue weighted by Crippen LogP contribution is 2.09. The molecular weight excluding hydrogens is 232 g/mol. The van der Waals surface area contributed by atoms with Crippen molar-refractivity contribution in [3.05, 3.63) is 65.7 Å². The first-order valence-corrected chi connectivity index (χ1v) is 6.12. The van der Waals surface area contributed by atoms with Crippen LogP contribution in [-0.4, -0.2) is 6.54 Å². The zero-order valence-electron chi connectivity index (χ0n) is 10.6. The van der Waals surface area contributed by atoms with Crippen molar-refractivity contribution in [1.82, 2.24) is 0 Å². The van der Waals surface area contributed by atoms with Crippen molar-refractivity contribution < 1.29 is 0 Å². The van der Waals surface area contributed by atoms with Gasteiger partial charge in [0.15, 0.2) is 0 Å². The van der Waals surface area contributed by atoms with E-state index in [0.29, 0.717) is 13.0 Å². The van der Waals surface area contributed by atoms with Gasteiger partial charge in [0, 0.05) is 11.3 Å². The number of nitrogens with zero attached hydrogens (tertiary/aromatic N) is 1. The molecule has 2 rings (SSSR count). The Morgan fingerprint density at radius 2 is 1.68 bits per heavy atom. The number of rotatable bonds is 3. The van der Waals surface area contributed by atoms with E-state index in [1.54, 1.807) is 0 Å². The summed E-state index contributed by atoms with van der Waals surface area (Å²) in [6, 6.07) is 19.9. The van der Waals surface area contributed by atoms with Crippen LogP contribution in [0.3, 0.4) is 0 Å². The Bertz CT molecular complexity index is 610. The Morgan fingerprint density at radius 3 is 2.37 bits per heavy atom. The lowest BCUT2D eigenvalue weighted by Gasteiger charge is -2.02. The van der Waals surface area contributed by atoms with Crippen LogP contribution in [0.25, 0.3) is 0 Å². The van der Waals surface area contributed by atoms with E-state index in [1.807, 2.05) is 54.6 Å². The summed E-state index contributed by atoms with van der Waals surface area (Å²) in [7, 11) is 0. The van der Waals surface area contributed by atoms with Gasteiger partial charge < -0.3 is 5.32 Å². The number of hydrogen-bond acceptors (Lipinski definition) is 2. The Kier molecular flexibility index (Phi) is 4.62. The highest BCUT2D eigenvalue weighted by Gasteiger charge is 1.92. The summed E-state index contributed by atoms with van der Waals surface area (Å²) in [5.74, 6) is 6.17. The predicted molar refractivity (Wildman–Crippen MR) is 77.6 cm³/mol. The molecule has 0 unspecified atom stereocenters. The lowest BCUT2D eigenvalue weighted by atomic mass is 10.1. The van der Waals surface area contributed by atoms with Crippen molar-refractivity contribution in [2.75, 3.05) is 11.9 Å². The number of nitrogens with one attached hydrogen (secondary N) is 1. The molecule has 2 aromatic rings.